The van der Waals surface area contributed by atoms with E-state index in [4.69, 9.17) is 0 Å². The maximum absolute atomic E-state index is 12.1. The summed E-state index contributed by atoms with van der Waals surface area (Å²) in [6.45, 7) is 2.75. The van der Waals surface area contributed by atoms with Crippen molar-refractivity contribution in [1.82, 2.24) is 20.6 Å². The zero-order valence-corrected chi connectivity index (χ0v) is 11.6. The Morgan fingerprint density at radius 3 is 2.65 bits per heavy atom. The molecule has 6 heteroatoms. The van der Waals surface area contributed by atoms with Gasteiger partial charge in [0.2, 0.25) is 11.9 Å². The van der Waals surface area contributed by atoms with E-state index in [1.807, 2.05) is 6.07 Å². The van der Waals surface area contributed by atoms with Crippen LogP contribution in [0.2, 0.25) is 0 Å². The second-order valence-corrected chi connectivity index (χ2v) is 5.47. The lowest BCUT2D eigenvalue weighted by atomic mass is 10.0. The molecule has 1 atom stereocenters. The van der Waals surface area contributed by atoms with Gasteiger partial charge in [0.1, 0.15) is 0 Å². The zero-order valence-electron chi connectivity index (χ0n) is 11.6. The minimum absolute atomic E-state index is 0.0190. The van der Waals surface area contributed by atoms with Gasteiger partial charge in [-0.05, 0) is 38.3 Å². The van der Waals surface area contributed by atoms with Crippen molar-refractivity contribution >= 4 is 11.9 Å². The van der Waals surface area contributed by atoms with Gasteiger partial charge >= 0.3 is 0 Å². The number of hydrogen-bond acceptors (Lipinski definition) is 5. The first-order chi connectivity index (χ1) is 9.83. The molecular formula is C14H21N5O. The van der Waals surface area contributed by atoms with Crippen LogP contribution in [0.3, 0.4) is 0 Å². The third kappa shape index (κ3) is 3.07. The van der Waals surface area contributed by atoms with Crippen molar-refractivity contribution in [2.75, 3.05) is 24.5 Å². The Morgan fingerprint density at radius 1 is 1.25 bits per heavy atom. The molecular weight excluding hydrogens is 254 g/mol. The summed E-state index contributed by atoms with van der Waals surface area (Å²) < 4.78 is 0. The Balaban J connectivity index is 1.47. The Kier molecular flexibility index (Phi) is 4.11. The second kappa shape index (κ2) is 6.17. The fourth-order valence-corrected chi connectivity index (χ4v) is 2.89. The summed E-state index contributed by atoms with van der Waals surface area (Å²) in [5, 5.41) is 6.40. The van der Waals surface area contributed by atoms with Crippen LogP contribution in [-0.4, -0.2) is 47.6 Å². The maximum Gasteiger partial charge on any atom is 0.237 e. The molecule has 1 aromatic heterocycles. The van der Waals surface area contributed by atoms with Gasteiger partial charge in [-0.1, -0.05) is 0 Å². The first kappa shape index (κ1) is 13.3. The van der Waals surface area contributed by atoms with Crippen LogP contribution in [0.5, 0.6) is 0 Å². The quantitative estimate of drug-likeness (QED) is 0.831. The van der Waals surface area contributed by atoms with Crippen LogP contribution in [0.1, 0.15) is 25.7 Å². The summed E-state index contributed by atoms with van der Waals surface area (Å²) in [4.78, 5) is 22.8. The molecule has 0 radical (unpaired) electrons. The molecule has 20 heavy (non-hydrogen) atoms. The molecule has 0 saturated carbocycles. The van der Waals surface area contributed by atoms with Crippen LogP contribution < -0.4 is 15.5 Å². The number of carbonyl (C=O) groups excluding carboxylic acids is 1. The highest BCUT2D eigenvalue weighted by Crippen LogP contribution is 2.16. The van der Waals surface area contributed by atoms with Gasteiger partial charge in [-0.2, -0.15) is 0 Å². The van der Waals surface area contributed by atoms with E-state index in [2.05, 4.69) is 25.5 Å². The number of piperidine rings is 1. The summed E-state index contributed by atoms with van der Waals surface area (Å²) in [6, 6.07) is 2.13. The number of hydrogen-bond donors (Lipinski definition) is 2. The highest BCUT2D eigenvalue weighted by Gasteiger charge is 2.26. The van der Waals surface area contributed by atoms with Gasteiger partial charge in [-0.3, -0.25) is 4.79 Å². The SMILES string of the molecule is O=C(NC1CCN(c2ncccn2)CC1)C1CCCN1. The number of rotatable bonds is 3. The summed E-state index contributed by atoms with van der Waals surface area (Å²) in [5.41, 5.74) is 0. The fourth-order valence-electron chi connectivity index (χ4n) is 2.89. The van der Waals surface area contributed by atoms with Crippen molar-refractivity contribution in [1.29, 1.82) is 0 Å². The molecule has 3 heterocycles. The van der Waals surface area contributed by atoms with Crippen LogP contribution in [0.15, 0.2) is 18.5 Å². The lowest BCUT2D eigenvalue weighted by Crippen LogP contribution is -2.49. The Bertz CT molecular complexity index is 438. The normalized spacial score (nSPS) is 23.8. The molecule has 2 saturated heterocycles. The highest BCUT2D eigenvalue weighted by molar-refractivity contribution is 5.82. The van der Waals surface area contributed by atoms with Crippen LogP contribution in [0.4, 0.5) is 5.95 Å². The minimum Gasteiger partial charge on any atom is -0.352 e. The molecule has 2 fully saturated rings. The molecule has 0 spiro atoms. The van der Waals surface area contributed by atoms with Crippen LogP contribution in [0.25, 0.3) is 0 Å². The van der Waals surface area contributed by atoms with Crippen molar-refractivity contribution in [2.45, 2.75) is 37.8 Å². The van der Waals surface area contributed by atoms with E-state index in [0.717, 1.165) is 51.3 Å². The molecule has 6 nitrogen and oxygen atoms in total. The highest BCUT2D eigenvalue weighted by atomic mass is 16.2. The fraction of sp³-hybridized carbons (Fsp3) is 0.643. The monoisotopic (exact) mass is 275 g/mol. The van der Waals surface area contributed by atoms with Crippen LogP contribution in [0, 0.1) is 0 Å². The standard InChI is InChI=1S/C14H21N5O/c20-13(12-3-1-6-15-12)18-11-4-9-19(10-5-11)14-16-7-2-8-17-14/h2,7-8,11-12,15H,1,3-6,9-10H2,(H,18,20). The summed E-state index contributed by atoms with van der Waals surface area (Å²) in [6.07, 6.45) is 7.50. The third-order valence-electron chi connectivity index (χ3n) is 4.05. The van der Waals surface area contributed by atoms with E-state index in [0.29, 0.717) is 0 Å². The van der Waals surface area contributed by atoms with Crippen LogP contribution in [-0.2, 0) is 4.79 Å². The van der Waals surface area contributed by atoms with E-state index in [1.54, 1.807) is 12.4 Å². The minimum atomic E-state index is 0.0190. The lowest BCUT2D eigenvalue weighted by molar-refractivity contribution is -0.123. The van der Waals surface area contributed by atoms with Gasteiger partial charge < -0.3 is 15.5 Å². The zero-order chi connectivity index (χ0) is 13.8. The number of aromatic nitrogens is 2. The van der Waals surface area contributed by atoms with Crippen molar-refractivity contribution in [2.24, 2.45) is 0 Å². The van der Waals surface area contributed by atoms with Crippen molar-refractivity contribution in [3.05, 3.63) is 18.5 Å². The number of amides is 1. The van der Waals surface area contributed by atoms with Gasteiger partial charge in [0.15, 0.2) is 0 Å². The van der Waals surface area contributed by atoms with Gasteiger partial charge in [0, 0.05) is 31.5 Å². The van der Waals surface area contributed by atoms with Crippen molar-refractivity contribution < 1.29 is 4.79 Å². The topological polar surface area (TPSA) is 70.2 Å². The number of anilines is 1. The average Bonchev–Trinajstić information content (AvgIpc) is 3.03. The molecule has 3 rings (SSSR count). The van der Waals surface area contributed by atoms with Gasteiger partial charge in [0.25, 0.3) is 0 Å². The molecule has 1 unspecified atom stereocenters. The van der Waals surface area contributed by atoms with Crippen molar-refractivity contribution in [3.63, 3.8) is 0 Å². The second-order valence-electron chi connectivity index (χ2n) is 5.47. The summed E-state index contributed by atoms with van der Waals surface area (Å²) in [5.74, 6) is 0.951. The Morgan fingerprint density at radius 2 is 2.00 bits per heavy atom. The molecule has 1 amide bonds. The predicted octanol–water partition coefficient (Wildman–Crippen LogP) is 0.314. The smallest absolute Gasteiger partial charge is 0.237 e. The van der Waals surface area contributed by atoms with E-state index in [1.165, 1.54) is 0 Å². The Labute approximate surface area is 119 Å². The maximum atomic E-state index is 12.1. The molecule has 2 N–H and O–H groups in total. The van der Waals surface area contributed by atoms with E-state index < -0.39 is 0 Å². The lowest BCUT2D eigenvalue weighted by Gasteiger charge is -2.32. The average molecular weight is 275 g/mol. The van der Waals surface area contributed by atoms with E-state index in [9.17, 15) is 4.79 Å². The number of carbonyl (C=O) groups is 1. The van der Waals surface area contributed by atoms with E-state index >= 15 is 0 Å². The third-order valence-corrected chi connectivity index (χ3v) is 4.05. The predicted molar refractivity (Wildman–Crippen MR) is 76.4 cm³/mol. The summed E-state index contributed by atoms with van der Waals surface area (Å²) in [7, 11) is 0. The molecule has 0 aromatic carbocycles. The molecule has 1 aromatic rings. The number of nitrogens with one attached hydrogen (secondary N) is 2. The van der Waals surface area contributed by atoms with Gasteiger partial charge in [-0.15, -0.1) is 0 Å². The largest absolute Gasteiger partial charge is 0.352 e. The van der Waals surface area contributed by atoms with E-state index in [-0.39, 0.29) is 18.0 Å². The van der Waals surface area contributed by atoms with Gasteiger partial charge in [0.05, 0.1) is 6.04 Å². The number of nitrogens with zero attached hydrogens (tertiary/aromatic N) is 3. The van der Waals surface area contributed by atoms with Crippen LogP contribution >= 0.6 is 0 Å². The molecule has 108 valence electrons. The molecule has 2 aliphatic heterocycles. The molecule has 2 aliphatic rings. The Hall–Kier alpha value is -1.69. The van der Waals surface area contributed by atoms with Crippen molar-refractivity contribution in [3.8, 4) is 0 Å². The summed E-state index contributed by atoms with van der Waals surface area (Å²) >= 11 is 0. The molecule has 0 aliphatic carbocycles. The van der Waals surface area contributed by atoms with Gasteiger partial charge in [-0.25, -0.2) is 9.97 Å². The first-order valence-electron chi connectivity index (χ1n) is 7.38. The molecule has 0 bridgehead atoms. The first-order valence-corrected chi connectivity index (χ1v) is 7.38.